The second-order valence-corrected chi connectivity index (χ2v) is 2.56. The zero-order valence-electron chi connectivity index (χ0n) is 5.85. The Hall–Kier alpha value is -1.11. The summed E-state index contributed by atoms with van der Waals surface area (Å²) in [6.45, 7) is 0. The van der Waals surface area contributed by atoms with Crippen molar-refractivity contribution in [1.82, 2.24) is 0 Å². The Morgan fingerprint density at radius 1 is 1.25 bits per heavy atom. The van der Waals surface area contributed by atoms with Crippen LogP contribution in [0.15, 0.2) is 0 Å². The highest BCUT2D eigenvalue weighted by Crippen LogP contribution is 2.18. The van der Waals surface area contributed by atoms with Crippen LogP contribution in [0.1, 0.15) is 6.42 Å². The maximum absolute atomic E-state index is 10.6. The van der Waals surface area contributed by atoms with E-state index in [1.165, 1.54) is 0 Å². The van der Waals surface area contributed by atoms with E-state index >= 15 is 0 Å². The van der Waals surface area contributed by atoms with Crippen LogP contribution in [0, 0.1) is 0 Å². The van der Waals surface area contributed by atoms with E-state index in [0.29, 0.717) is 0 Å². The first-order valence-electron chi connectivity index (χ1n) is 3.12. The average Bonchev–Trinajstić information content (AvgIpc) is 1.97. The summed E-state index contributed by atoms with van der Waals surface area (Å²) in [6.07, 6.45) is -2.65. The highest BCUT2D eigenvalue weighted by atomic mass is 16.5. The van der Waals surface area contributed by atoms with Crippen molar-refractivity contribution in [2.45, 2.75) is 18.3 Å². The Balaban J connectivity index is 3.01. The normalized spacial score (nSPS) is 29.2. The van der Waals surface area contributed by atoms with Gasteiger partial charge in [-0.2, -0.15) is 0 Å². The van der Waals surface area contributed by atoms with Crippen molar-refractivity contribution in [3.63, 3.8) is 0 Å². The smallest absolute Gasteiger partial charge is 0.272 e. The minimum atomic E-state index is -2.90. The van der Waals surface area contributed by atoms with Crippen LogP contribution in [0.4, 0.5) is 0 Å². The van der Waals surface area contributed by atoms with Crippen molar-refractivity contribution < 1.29 is 29.7 Å². The van der Waals surface area contributed by atoms with E-state index in [4.69, 9.17) is 15.3 Å². The van der Waals surface area contributed by atoms with Gasteiger partial charge in [0.2, 0.25) is 11.6 Å². The molecular formula is C6H6O6. The van der Waals surface area contributed by atoms with Crippen molar-refractivity contribution in [2.24, 2.45) is 0 Å². The molecule has 0 aliphatic heterocycles. The third-order valence-corrected chi connectivity index (χ3v) is 1.57. The van der Waals surface area contributed by atoms with Gasteiger partial charge in [-0.15, -0.1) is 0 Å². The Morgan fingerprint density at radius 2 is 1.75 bits per heavy atom. The van der Waals surface area contributed by atoms with Gasteiger partial charge in [-0.3, -0.25) is 14.4 Å². The van der Waals surface area contributed by atoms with E-state index in [1.807, 2.05) is 0 Å². The van der Waals surface area contributed by atoms with Crippen LogP contribution in [0.5, 0.6) is 0 Å². The van der Waals surface area contributed by atoms with Crippen LogP contribution in [0.25, 0.3) is 0 Å². The van der Waals surface area contributed by atoms with Crippen LogP contribution in [-0.2, 0) is 14.4 Å². The van der Waals surface area contributed by atoms with Crippen LogP contribution < -0.4 is 0 Å². The standard InChI is InChI=1S/C6H6O6/c7-2-1-6(11,12)5(10)4(9)3(2)8/h2,7,11-12H,1H2. The van der Waals surface area contributed by atoms with Gasteiger partial charge < -0.3 is 15.3 Å². The molecule has 1 aliphatic rings. The molecule has 12 heavy (non-hydrogen) atoms. The number of rotatable bonds is 0. The lowest BCUT2D eigenvalue weighted by atomic mass is 9.89. The molecule has 0 saturated heterocycles. The lowest BCUT2D eigenvalue weighted by Gasteiger charge is -2.25. The molecular weight excluding hydrogens is 168 g/mol. The van der Waals surface area contributed by atoms with Gasteiger partial charge in [0.15, 0.2) is 0 Å². The second-order valence-electron chi connectivity index (χ2n) is 2.56. The highest BCUT2D eigenvalue weighted by Gasteiger charge is 2.50. The molecule has 0 bridgehead atoms. The van der Waals surface area contributed by atoms with Crippen LogP contribution in [-0.4, -0.2) is 44.6 Å². The van der Waals surface area contributed by atoms with Gasteiger partial charge in [-0.25, -0.2) is 0 Å². The molecule has 66 valence electrons. The number of hydrogen-bond donors (Lipinski definition) is 3. The number of carbonyl (C=O) groups excluding carboxylic acids is 3. The number of Topliss-reactive ketones (excluding diaryl/α,β-unsaturated/α-hetero) is 3. The predicted octanol–water partition coefficient (Wildman–Crippen LogP) is -2.86. The third-order valence-electron chi connectivity index (χ3n) is 1.57. The molecule has 3 N–H and O–H groups in total. The van der Waals surface area contributed by atoms with Gasteiger partial charge >= 0.3 is 0 Å². The summed E-state index contributed by atoms with van der Waals surface area (Å²) in [4.78, 5) is 31.8. The predicted molar refractivity (Wildman–Crippen MR) is 32.8 cm³/mol. The van der Waals surface area contributed by atoms with Gasteiger partial charge in [-0.1, -0.05) is 0 Å². The molecule has 1 aliphatic carbocycles. The Kier molecular flexibility index (Phi) is 1.83. The van der Waals surface area contributed by atoms with E-state index in [2.05, 4.69) is 0 Å². The Morgan fingerprint density at radius 3 is 2.25 bits per heavy atom. The van der Waals surface area contributed by atoms with E-state index in [9.17, 15) is 14.4 Å². The monoisotopic (exact) mass is 174 g/mol. The molecule has 0 heterocycles. The molecule has 0 aromatic carbocycles. The van der Waals surface area contributed by atoms with E-state index in [-0.39, 0.29) is 0 Å². The van der Waals surface area contributed by atoms with E-state index in [0.717, 1.165) is 0 Å². The van der Waals surface area contributed by atoms with E-state index < -0.39 is 35.7 Å². The van der Waals surface area contributed by atoms with Gasteiger partial charge in [0, 0.05) is 6.42 Å². The number of hydrogen-bond acceptors (Lipinski definition) is 6. The molecule has 0 amide bonds. The number of ketones is 3. The molecule has 1 unspecified atom stereocenters. The Labute approximate surface area is 66.4 Å². The van der Waals surface area contributed by atoms with Crippen LogP contribution >= 0.6 is 0 Å². The summed E-state index contributed by atoms with van der Waals surface area (Å²) < 4.78 is 0. The lowest BCUT2D eigenvalue weighted by Crippen LogP contribution is -2.55. The summed E-state index contributed by atoms with van der Waals surface area (Å²) in [6, 6.07) is 0. The molecule has 0 radical (unpaired) electrons. The summed E-state index contributed by atoms with van der Waals surface area (Å²) in [7, 11) is 0. The molecule has 0 spiro atoms. The van der Waals surface area contributed by atoms with Gasteiger partial charge in [-0.05, 0) is 0 Å². The number of aliphatic hydroxyl groups excluding tert-OH is 1. The first kappa shape index (κ1) is 8.98. The maximum atomic E-state index is 10.6. The van der Waals surface area contributed by atoms with Crippen molar-refractivity contribution in [3.8, 4) is 0 Å². The third kappa shape index (κ3) is 1.15. The quantitative estimate of drug-likeness (QED) is 0.269. The van der Waals surface area contributed by atoms with Gasteiger partial charge in [0.1, 0.15) is 6.10 Å². The Bertz CT molecular complexity index is 265. The summed E-state index contributed by atoms with van der Waals surface area (Å²) >= 11 is 0. The fourth-order valence-electron chi connectivity index (χ4n) is 0.900. The van der Waals surface area contributed by atoms with Gasteiger partial charge in [0.05, 0.1) is 0 Å². The zero-order chi connectivity index (χ0) is 9.52. The fourth-order valence-corrected chi connectivity index (χ4v) is 0.900. The molecule has 1 fully saturated rings. The largest absolute Gasteiger partial charge is 0.385 e. The van der Waals surface area contributed by atoms with Gasteiger partial charge in [0.25, 0.3) is 11.6 Å². The first-order chi connectivity index (χ1) is 5.36. The molecule has 6 nitrogen and oxygen atoms in total. The highest BCUT2D eigenvalue weighted by molar-refractivity contribution is 6.66. The minimum absolute atomic E-state index is 0.851. The zero-order valence-corrected chi connectivity index (χ0v) is 5.85. The van der Waals surface area contributed by atoms with Crippen molar-refractivity contribution >= 4 is 17.3 Å². The maximum Gasteiger partial charge on any atom is 0.272 e. The van der Waals surface area contributed by atoms with Crippen molar-refractivity contribution in [3.05, 3.63) is 0 Å². The summed E-state index contributed by atoms with van der Waals surface area (Å²) in [5.74, 6) is -7.35. The average molecular weight is 174 g/mol. The number of carbonyl (C=O) groups is 3. The van der Waals surface area contributed by atoms with Crippen LogP contribution in [0.3, 0.4) is 0 Å². The second kappa shape index (κ2) is 2.44. The SMILES string of the molecule is O=C1C(=O)C(O)CC(O)(O)C1=O. The fraction of sp³-hybridized carbons (Fsp3) is 0.500. The number of aliphatic hydroxyl groups is 3. The lowest BCUT2D eigenvalue weighted by molar-refractivity contribution is -0.200. The van der Waals surface area contributed by atoms with Crippen LogP contribution in [0.2, 0.25) is 0 Å². The molecule has 1 saturated carbocycles. The summed E-state index contributed by atoms with van der Waals surface area (Å²) in [5.41, 5.74) is 0. The first-order valence-corrected chi connectivity index (χ1v) is 3.12. The summed E-state index contributed by atoms with van der Waals surface area (Å²) in [5, 5.41) is 26.3. The van der Waals surface area contributed by atoms with Crippen molar-refractivity contribution in [2.75, 3.05) is 0 Å². The van der Waals surface area contributed by atoms with Crippen molar-refractivity contribution in [1.29, 1.82) is 0 Å². The molecule has 0 aromatic rings. The molecule has 0 aromatic heterocycles. The van der Waals surface area contributed by atoms with E-state index in [1.54, 1.807) is 0 Å². The molecule has 1 rings (SSSR count). The molecule has 1 atom stereocenters. The topological polar surface area (TPSA) is 112 Å². The minimum Gasteiger partial charge on any atom is -0.385 e. The molecule has 6 heteroatoms.